The van der Waals surface area contributed by atoms with Gasteiger partial charge in [0.2, 0.25) is 0 Å². The zero-order valence-electron chi connectivity index (χ0n) is 13.9. The molecule has 1 aliphatic rings. The first-order valence-electron chi connectivity index (χ1n) is 7.55. The summed E-state index contributed by atoms with van der Waals surface area (Å²) in [6, 6.07) is 2.78. The molecule has 0 radical (unpaired) electrons. The molecule has 1 fully saturated rings. The highest BCUT2D eigenvalue weighted by atomic mass is 16.6. The number of hydrogen-bond acceptors (Lipinski definition) is 7. The highest BCUT2D eigenvalue weighted by molar-refractivity contribution is 5.79. The third-order valence-electron chi connectivity index (χ3n) is 3.45. The second kappa shape index (κ2) is 6.81. The molecule has 130 valence electrons. The lowest BCUT2D eigenvalue weighted by molar-refractivity contribution is -0.385. The van der Waals surface area contributed by atoms with Gasteiger partial charge in [-0.25, -0.2) is 9.78 Å². The van der Waals surface area contributed by atoms with Crippen LogP contribution in [0.5, 0.6) is 0 Å². The Balaban J connectivity index is 2.03. The molecule has 0 bridgehead atoms. The van der Waals surface area contributed by atoms with E-state index in [0.29, 0.717) is 38.3 Å². The van der Waals surface area contributed by atoms with Crippen molar-refractivity contribution in [3.63, 3.8) is 0 Å². The molecule has 0 unspecified atom stereocenters. The molecule has 24 heavy (non-hydrogen) atoms. The third kappa shape index (κ3) is 4.18. The minimum Gasteiger partial charge on any atom is -0.444 e. The smallest absolute Gasteiger partial charge is 0.410 e. The Morgan fingerprint density at radius 1 is 1.29 bits per heavy atom. The van der Waals surface area contributed by atoms with Crippen LogP contribution < -0.4 is 4.90 Å². The summed E-state index contributed by atoms with van der Waals surface area (Å²) in [6.07, 6.45) is 0.00543. The average molecular weight is 336 g/mol. The zero-order chi connectivity index (χ0) is 17.9. The maximum atomic E-state index is 12.0. The van der Waals surface area contributed by atoms with Crippen LogP contribution in [0.4, 0.5) is 16.3 Å². The fraction of sp³-hybridized carbons (Fsp3) is 0.533. The van der Waals surface area contributed by atoms with Crippen molar-refractivity contribution in [1.82, 2.24) is 9.88 Å². The molecule has 1 aromatic rings. The quantitative estimate of drug-likeness (QED) is 0.471. The van der Waals surface area contributed by atoms with Crippen molar-refractivity contribution in [1.29, 1.82) is 0 Å². The molecule has 0 aliphatic carbocycles. The Kier molecular flexibility index (Phi) is 5.01. The highest BCUT2D eigenvalue weighted by Gasteiger charge is 2.27. The third-order valence-corrected chi connectivity index (χ3v) is 3.45. The second-order valence-corrected chi connectivity index (χ2v) is 6.40. The molecule has 0 aromatic carbocycles. The van der Waals surface area contributed by atoms with Gasteiger partial charge in [-0.15, -0.1) is 0 Å². The highest BCUT2D eigenvalue weighted by Crippen LogP contribution is 2.21. The molecular formula is C15H20N4O5. The van der Waals surface area contributed by atoms with E-state index in [4.69, 9.17) is 4.74 Å². The molecule has 0 N–H and O–H groups in total. The summed E-state index contributed by atoms with van der Waals surface area (Å²) in [4.78, 5) is 40.7. The van der Waals surface area contributed by atoms with Gasteiger partial charge in [-0.1, -0.05) is 0 Å². The summed E-state index contributed by atoms with van der Waals surface area (Å²) in [7, 11) is 0. The average Bonchev–Trinajstić information content (AvgIpc) is 2.52. The van der Waals surface area contributed by atoms with Crippen LogP contribution in [0.3, 0.4) is 0 Å². The van der Waals surface area contributed by atoms with Crippen LogP contribution >= 0.6 is 0 Å². The summed E-state index contributed by atoms with van der Waals surface area (Å²) in [6.45, 7) is 7.33. The number of nitro groups is 1. The van der Waals surface area contributed by atoms with E-state index in [2.05, 4.69) is 4.98 Å². The summed E-state index contributed by atoms with van der Waals surface area (Å²) in [5.74, 6) is 0.478. The zero-order valence-corrected chi connectivity index (χ0v) is 13.9. The van der Waals surface area contributed by atoms with E-state index in [9.17, 15) is 19.7 Å². The molecule has 0 atom stereocenters. The number of nitrogens with zero attached hydrogens (tertiary/aromatic N) is 4. The van der Waals surface area contributed by atoms with Gasteiger partial charge in [0, 0.05) is 32.2 Å². The van der Waals surface area contributed by atoms with Crippen LogP contribution in [0.15, 0.2) is 12.1 Å². The van der Waals surface area contributed by atoms with E-state index in [-0.39, 0.29) is 17.5 Å². The van der Waals surface area contributed by atoms with Gasteiger partial charge in [0.25, 0.3) is 5.69 Å². The molecule has 2 rings (SSSR count). The molecule has 1 aliphatic heterocycles. The maximum absolute atomic E-state index is 12.0. The number of rotatable bonds is 3. The van der Waals surface area contributed by atoms with Crippen LogP contribution in [0, 0.1) is 10.1 Å². The van der Waals surface area contributed by atoms with Crippen LogP contribution in [0.1, 0.15) is 31.3 Å². The molecule has 1 aromatic heterocycles. The second-order valence-electron chi connectivity index (χ2n) is 6.40. The van der Waals surface area contributed by atoms with Crippen LogP contribution in [0.2, 0.25) is 0 Å². The van der Waals surface area contributed by atoms with Gasteiger partial charge in [0.1, 0.15) is 11.4 Å². The van der Waals surface area contributed by atoms with Gasteiger partial charge < -0.3 is 14.5 Å². The number of amides is 1. The van der Waals surface area contributed by atoms with Crippen molar-refractivity contribution in [2.45, 2.75) is 26.4 Å². The number of hydrogen-bond donors (Lipinski definition) is 0. The molecule has 0 spiro atoms. The Bertz CT molecular complexity index is 648. The number of aldehydes is 1. The SMILES string of the molecule is CC(C)(C)OC(=O)N1CCN(c2ccc([N+](=O)[O-])c(C=O)n2)CC1. The summed E-state index contributed by atoms with van der Waals surface area (Å²) in [5.41, 5.74) is -1.07. The summed E-state index contributed by atoms with van der Waals surface area (Å²) < 4.78 is 5.33. The van der Waals surface area contributed by atoms with E-state index in [0.717, 1.165) is 0 Å². The van der Waals surface area contributed by atoms with Gasteiger partial charge >= 0.3 is 6.09 Å². The summed E-state index contributed by atoms with van der Waals surface area (Å²) in [5, 5.41) is 10.8. The largest absolute Gasteiger partial charge is 0.444 e. The van der Waals surface area contributed by atoms with Crippen molar-refractivity contribution in [3.05, 3.63) is 27.9 Å². The maximum Gasteiger partial charge on any atom is 0.410 e. The Hall–Kier alpha value is -2.71. The van der Waals surface area contributed by atoms with Crippen LogP contribution in [-0.4, -0.2) is 59.0 Å². The number of piperazine rings is 1. The van der Waals surface area contributed by atoms with E-state index < -0.39 is 10.5 Å². The lowest BCUT2D eigenvalue weighted by atomic mass is 10.2. The minimum absolute atomic E-state index is 0.202. The number of pyridine rings is 1. The Morgan fingerprint density at radius 3 is 2.42 bits per heavy atom. The van der Waals surface area contributed by atoms with E-state index in [1.807, 2.05) is 25.7 Å². The van der Waals surface area contributed by atoms with Crippen LogP contribution in [-0.2, 0) is 4.74 Å². The molecule has 9 heteroatoms. The molecule has 9 nitrogen and oxygen atoms in total. The van der Waals surface area contributed by atoms with Crippen molar-refractivity contribution in [2.75, 3.05) is 31.1 Å². The van der Waals surface area contributed by atoms with Gasteiger partial charge in [0.15, 0.2) is 12.0 Å². The number of anilines is 1. The van der Waals surface area contributed by atoms with Crippen molar-refractivity contribution in [2.24, 2.45) is 0 Å². The lowest BCUT2D eigenvalue weighted by Crippen LogP contribution is -2.50. The monoisotopic (exact) mass is 336 g/mol. The van der Waals surface area contributed by atoms with Gasteiger partial charge in [-0.05, 0) is 26.8 Å². The first-order valence-corrected chi connectivity index (χ1v) is 7.55. The molecule has 0 saturated carbocycles. The fourth-order valence-electron chi connectivity index (χ4n) is 2.32. The standard InChI is InChI=1S/C15H20N4O5/c1-15(2,3)24-14(21)18-8-6-17(7-9-18)13-5-4-12(19(22)23)11(10-20)16-13/h4-5,10H,6-9H2,1-3H3. The minimum atomic E-state index is -0.638. The number of aromatic nitrogens is 1. The number of carbonyl (C=O) groups excluding carboxylic acids is 2. The number of carbonyl (C=O) groups is 2. The Morgan fingerprint density at radius 2 is 1.92 bits per heavy atom. The van der Waals surface area contributed by atoms with Crippen LogP contribution in [0.25, 0.3) is 0 Å². The predicted molar refractivity (Wildman–Crippen MR) is 86.3 cm³/mol. The van der Waals surface area contributed by atoms with E-state index >= 15 is 0 Å². The topological polar surface area (TPSA) is 106 Å². The van der Waals surface area contributed by atoms with E-state index in [1.54, 1.807) is 4.90 Å². The van der Waals surface area contributed by atoms with Gasteiger partial charge in [-0.2, -0.15) is 0 Å². The molecule has 1 saturated heterocycles. The first kappa shape index (κ1) is 17.6. The van der Waals surface area contributed by atoms with Crippen molar-refractivity contribution in [3.8, 4) is 0 Å². The fourth-order valence-corrected chi connectivity index (χ4v) is 2.32. The molecular weight excluding hydrogens is 316 g/mol. The van der Waals surface area contributed by atoms with Gasteiger partial charge in [0.05, 0.1) is 4.92 Å². The van der Waals surface area contributed by atoms with Gasteiger partial charge in [-0.3, -0.25) is 14.9 Å². The molecule has 1 amide bonds. The molecule has 2 heterocycles. The van der Waals surface area contributed by atoms with Crippen molar-refractivity contribution < 1.29 is 19.2 Å². The summed E-state index contributed by atoms with van der Waals surface area (Å²) >= 11 is 0. The Labute approximate surface area is 139 Å². The van der Waals surface area contributed by atoms with E-state index in [1.165, 1.54) is 12.1 Å². The first-order chi connectivity index (χ1) is 11.2. The predicted octanol–water partition coefficient (Wildman–Crippen LogP) is 1.86. The normalized spacial score (nSPS) is 15.1. The lowest BCUT2D eigenvalue weighted by Gasteiger charge is -2.36. The number of ether oxygens (including phenoxy) is 1. The van der Waals surface area contributed by atoms with Crippen molar-refractivity contribution >= 4 is 23.9 Å².